The van der Waals surface area contributed by atoms with Gasteiger partial charge in [-0.15, -0.1) is 10.2 Å². The van der Waals surface area contributed by atoms with Crippen LogP contribution in [-0.2, 0) is 21.8 Å². The third-order valence-electron chi connectivity index (χ3n) is 7.41. The molecule has 3 aromatic carbocycles. The number of rotatable bonds is 10. The Labute approximate surface area is 267 Å². The molecule has 1 fully saturated rings. The van der Waals surface area contributed by atoms with Crippen molar-refractivity contribution in [3.63, 3.8) is 0 Å². The first kappa shape index (κ1) is 30.6. The zero-order valence-corrected chi connectivity index (χ0v) is 26.4. The lowest BCUT2D eigenvalue weighted by molar-refractivity contribution is -0.132. The summed E-state index contributed by atoms with van der Waals surface area (Å²) in [6, 6.07) is 15.8. The van der Waals surface area contributed by atoms with E-state index in [2.05, 4.69) is 10.2 Å². The van der Waals surface area contributed by atoms with Crippen LogP contribution in [0.25, 0.3) is 5.76 Å². The van der Waals surface area contributed by atoms with Crippen molar-refractivity contribution in [1.29, 1.82) is 0 Å². The number of aliphatic hydroxyl groups is 1. The molecule has 4 aromatic rings. The van der Waals surface area contributed by atoms with Crippen LogP contribution in [0, 0.1) is 5.82 Å². The number of Topliss-reactive ketones (excluding diaryl/α,β-unsaturated/α-hetero) is 1. The van der Waals surface area contributed by atoms with Crippen LogP contribution in [0.15, 0.2) is 70.6 Å². The van der Waals surface area contributed by atoms with Gasteiger partial charge in [-0.05, 0) is 73.9 Å². The maximum absolute atomic E-state index is 14.2. The number of carbonyl (C=O) groups excluding carboxylic acids is 2. The Hall–Kier alpha value is -4.42. The number of anilines is 1. The highest BCUT2D eigenvalue weighted by molar-refractivity contribution is 8.00. The van der Waals surface area contributed by atoms with E-state index in [0.717, 1.165) is 22.6 Å². The molecule has 9 nitrogen and oxygen atoms in total. The summed E-state index contributed by atoms with van der Waals surface area (Å²) in [5.41, 5.74) is 2.22. The average molecular weight is 648 g/mol. The smallest absolute Gasteiger partial charge is 0.301 e. The number of amides is 1. The van der Waals surface area contributed by atoms with Crippen LogP contribution in [0.3, 0.4) is 0 Å². The molecule has 45 heavy (non-hydrogen) atoms. The fourth-order valence-electron chi connectivity index (χ4n) is 5.42. The fourth-order valence-corrected chi connectivity index (χ4v) is 7.27. The van der Waals surface area contributed by atoms with Gasteiger partial charge in [0.2, 0.25) is 5.13 Å². The Morgan fingerprint density at radius 1 is 1.07 bits per heavy atom. The van der Waals surface area contributed by atoms with Gasteiger partial charge in [-0.1, -0.05) is 47.4 Å². The molecule has 1 aromatic heterocycles. The van der Waals surface area contributed by atoms with Crippen molar-refractivity contribution < 1.29 is 33.3 Å². The number of hydrogen-bond donors (Lipinski definition) is 1. The SMILES string of the molecule is CCOc1ccc([C@H]2/C(=C(\O)c3ccc4c(c3)C[C@H](C)O4)C(=O)C(=O)N2c2nnc(SCc3ccccc3F)s2)cc1OCC. The number of benzene rings is 3. The van der Waals surface area contributed by atoms with E-state index in [1.807, 2.05) is 20.8 Å². The van der Waals surface area contributed by atoms with Gasteiger partial charge in [0.15, 0.2) is 15.8 Å². The van der Waals surface area contributed by atoms with E-state index < -0.39 is 17.7 Å². The highest BCUT2D eigenvalue weighted by Crippen LogP contribution is 2.46. The summed E-state index contributed by atoms with van der Waals surface area (Å²) >= 11 is 2.38. The lowest BCUT2D eigenvalue weighted by atomic mass is 9.94. The molecule has 0 aliphatic carbocycles. The number of nitrogens with zero attached hydrogens (tertiary/aromatic N) is 3. The van der Waals surface area contributed by atoms with E-state index >= 15 is 0 Å². The van der Waals surface area contributed by atoms with Crippen molar-refractivity contribution in [3.05, 3.63) is 94.3 Å². The maximum atomic E-state index is 14.2. The summed E-state index contributed by atoms with van der Waals surface area (Å²) < 4.78 is 32.1. The number of fused-ring (bicyclic) bond motifs is 1. The summed E-state index contributed by atoms with van der Waals surface area (Å²) in [4.78, 5) is 28.7. The summed E-state index contributed by atoms with van der Waals surface area (Å²) in [6.07, 6.45) is 0.648. The zero-order valence-electron chi connectivity index (χ0n) is 24.8. The van der Waals surface area contributed by atoms with Gasteiger partial charge in [0.25, 0.3) is 5.78 Å². The van der Waals surface area contributed by atoms with E-state index in [-0.39, 0.29) is 28.4 Å². The topological polar surface area (TPSA) is 111 Å². The summed E-state index contributed by atoms with van der Waals surface area (Å²) in [5.74, 6) is -0.375. The number of thioether (sulfide) groups is 1. The Balaban J connectivity index is 1.43. The van der Waals surface area contributed by atoms with Crippen molar-refractivity contribution in [2.75, 3.05) is 18.1 Å². The third-order valence-corrected chi connectivity index (χ3v) is 9.51. The van der Waals surface area contributed by atoms with Crippen molar-refractivity contribution in [2.24, 2.45) is 0 Å². The van der Waals surface area contributed by atoms with Gasteiger partial charge in [-0.25, -0.2) is 4.39 Å². The summed E-state index contributed by atoms with van der Waals surface area (Å²) in [7, 11) is 0. The van der Waals surface area contributed by atoms with Crippen LogP contribution in [0.2, 0.25) is 0 Å². The van der Waals surface area contributed by atoms with Gasteiger partial charge in [0.1, 0.15) is 23.4 Å². The molecule has 0 spiro atoms. The molecule has 2 aliphatic rings. The lowest BCUT2D eigenvalue weighted by Crippen LogP contribution is -2.29. The Morgan fingerprint density at radius 3 is 2.62 bits per heavy atom. The first-order valence-corrected chi connectivity index (χ1v) is 16.3. The fraction of sp³-hybridized carbons (Fsp3) is 0.273. The Morgan fingerprint density at radius 2 is 1.84 bits per heavy atom. The number of aliphatic hydroxyl groups excluding tert-OH is 1. The van der Waals surface area contributed by atoms with Crippen molar-refractivity contribution in [2.45, 2.75) is 49.4 Å². The summed E-state index contributed by atoms with van der Waals surface area (Å²) in [6.45, 7) is 6.43. The quantitative estimate of drug-likeness (QED) is 0.0660. The van der Waals surface area contributed by atoms with Crippen LogP contribution in [0.4, 0.5) is 9.52 Å². The van der Waals surface area contributed by atoms with Gasteiger partial charge in [0.05, 0.1) is 24.8 Å². The molecule has 2 aliphatic heterocycles. The maximum Gasteiger partial charge on any atom is 0.301 e. The van der Waals surface area contributed by atoms with Gasteiger partial charge in [0, 0.05) is 17.7 Å². The van der Waals surface area contributed by atoms with Crippen molar-refractivity contribution >= 4 is 45.7 Å². The second-order valence-corrected chi connectivity index (χ2v) is 12.6. The highest BCUT2D eigenvalue weighted by Gasteiger charge is 2.48. The molecule has 3 heterocycles. The Kier molecular flexibility index (Phi) is 8.77. The van der Waals surface area contributed by atoms with E-state index in [9.17, 15) is 19.1 Å². The molecule has 0 saturated carbocycles. The van der Waals surface area contributed by atoms with Gasteiger partial charge >= 0.3 is 5.91 Å². The van der Waals surface area contributed by atoms with E-state index in [4.69, 9.17) is 14.2 Å². The minimum atomic E-state index is -1.04. The predicted molar refractivity (Wildman–Crippen MR) is 170 cm³/mol. The molecule has 1 saturated heterocycles. The van der Waals surface area contributed by atoms with Crippen LogP contribution in [0.1, 0.15) is 49.1 Å². The molecule has 0 radical (unpaired) electrons. The van der Waals surface area contributed by atoms with Gasteiger partial charge < -0.3 is 19.3 Å². The normalized spacial score (nSPS) is 18.6. The largest absolute Gasteiger partial charge is 0.507 e. The van der Waals surface area contributed by atoms with Crippen molar-refractivity contribution in [1.82, 2.24) is 10.2 Å². The summed E-state index contributed by atoms with van der Waals surface area (Å²) in [5, 5.41) is 20.3. The second kappa shape index (κ2) is 12.9. The van der Waals surface area contributed by atoms with Crippen molar-refractivity contribution in [3.8, 4) is 17.2 Å². The van der Waals surface area contributed by atoms with Crippen LogP contribution >= 0.6 is 23.1 Å². The minimum Gasteiger partial charge on any atom is -0.507 e. The molecule has 0 bridgehead atoms. The Bertz CT molecular complexity index is 1810. The van der Waals surface area contributed by atoms with Gasteiger partial charge in [-0.2, -0.15) is 0 Å². The minimum absolute atomic E-state index is 0.00771. The first-order valence-electron chi connectivity index (χ1n) is 14.5. The molecule has 2 atom stereocenters. The number of halogens is 1. The number of hydrogen-bond acceptors (Lipinski definition) is 10. The number of ether oxygens (including phenoxy) is 3. The molecular weight excluding hydrogens is 618 g/mol. The second-order valence-electron chi connectivity index (χ2n) is 10.4. The third kappa shape index (κ3) is 5.99. The molecule has 232 valence electrons. The number of ketones is 1. The molecule has 12 heteroatoms. The van der Waals surface area contributed by atoms with Crippen LogP contribution in [0.5, 0.6) is 17.2 Å². The van der Waals surface area contributed by atoms with Gasteiger partial charge in [-0.3, -0.25) is 14.5 Å². The average Bonchev–Trinajstić information content (AvgIpc) is 3.72. The van der Waals surface area contributed by atoms with Crippen LogP contribution in [-0.4, -0.2) is 46.3 Å². The number of aromatic nitrogens is 2. The molecule has 1 amide bonds. The highest BCUT2D eigenvalue weighted by atomic mass is 32.2. The molecule has 6 rings (SSSR count). The van der Waals surface area contributed by atoms with E-state index in [1.54, 1.807) is 54.6 Å². The first-order chi connectivity index (χ1) is 21.8. The van der Waals surface area contributed by atoms with Crippen LogP contribution < -0.4 is 19.1 Å². The lowest BCUT2D eigenvalue weighted by Gasteiger charge is -2.23. The van der Waals surface area contributed by atoms with E-state index in [1.165, 1.54) is 22.7 Å². The monoisotopic (exact) mass is 647 g/mol. The number of carbonyl (C=O) groups is 2. The zero-order chi connectivity index (χ0) is 31.7. The molecule has 1 N–H and O–H groups in total. The molecule has 0 unspecified atom stereocenters. The predicted octanol–water partition coefficient (Wildman–Crippen LogP) is 6.72. The molecular formula is C33H30FN3O6S2. The standard InChI is InChI=1S/C33H30FN3O6S2/c1-4-41-25-13-10-19(16-26(25)42-5-2)28-27(29(38)20-11-12-24-22(15-20)14-18(3)43-24)30(39)31(40)37(28)32-35-36-33(45-32)44-17-21-8-6-7-9-23(21)34/h6-13,15-16,18,28,38H,4-5,14,17H2,1-3H3/b29-27+/t18-,28-/m0/s1. The van der Waals surface area contributed by atoms with E-state index in [0.29, 0.717) is 57.9 Å².